The van der Waals surface area contributed by atoms with Crippen molar-refractivity contribution in [3.8, 4) is 0 Å². The summed E-state index contributed by atoms with van der Waals surface area (Å²) in [5.74, 6) is 1.36. The van der Waals surface area contributed by atoms with Crippen LogP contribution in [0.25, 0.3) is 0 Å². The zero-order valence-electron chi connectivity index (χ0n) is 22.8. The van der Waals surface area contributed by atoms with E-state index in [9.17, 15) is 13.2 Å². The maximum Gasteiger partial charge on any atom is 0.405 e. The second-order valence-electron chi connectivity index (χ2n) is 12.6. The Labute approximate surface area is 229 Å². The molecule has 0 aromatic rings. The summed E-state index contributed by atoms with van der Waals surface area (Å²) in [7, 11) is 5.88. The Hall–Kier alpha value is -0.180. The molecule has 9 atom stereocenters. The van der Waals surface area contributed by atoms with Crippen LogP contribution in [0.2, 0.25) is 0 Å². The maximum atomic E-state index is 13.3. The van der Waals surface area contributed by atoms with Crippen LogP contribution in [0.4, 0.5) is 13.2 Å². The summed E-state index contributed by atoms with van der Waals surface area (Å²) < 4.78 is 45.7. The summed E-state index contributed by atoms with van der Waals surface area (Å²) in [6, 6.07) is -0.0483. The van der Waals surface area contributed by atoms with Gasteiger partial charge in [0.2, 0.25) is 0 Å². The van der Waals surface area contributed by atoms with Crippen LogP contribution in [0.15, 0.2) is 0 Å². The smallest absolute Gasteiger partial charge is 0.366 e. The summed E-state index contributed by atoms with van der Waals surface area (Å²) in [6.45, 7) is 2.90. The van der Waals surface area contributed by atoms with Crippen molar-refractivity contribution in [2.24, 2.45) is 17.8 Å². The number of thioether (sulfide) groups is 1. The van der Waals surface area contributed by atoms with Gasteiger partial charge in [0.15, 0.2) is 0 Å². The van der Waals surface area contributed by atoms with Crippen LogP contribution in [-0.2, 0) is 4.74 Å². The zero-order valence-corrected chi connectivity index (χ0v) is 23.7. The lowest BCUT2D eigenvalue weighted by atomic mass is 9.86. The number of methoxy groups -OCH3 is 1. The minimum absolute atomic E-state index is 0.0307. The first-order valence-corrected chi connectivity index (χ1v) is 15.5. The molecule has 6 rings (SSSR count). The third-order valence-corrected chi connectivity index (χ3v) is 11.8. The molecule has 4 aliphatic heterocycles. The van der Waals surface area contributed by atoms with E-state index in [0.29, 0.717) is 40.5 Å². The normalized spacial score (nSPS) is 47.4. The van der Waals surface area contributed by atoms with E-state index < -0.39 is 12.2 Å². The fourth-order valence-electron chi connectivity index (χ4n) is 8.01. The Morgan fingerprint density at radius 3 is 2.24 bits per heavy atom. The Bertz CT molecular complexity index is 814. The molecular formula is C26H46F3N7OS. The molecule has 6 fully saturated rings. The number of hydrogen-bond acceptors (Lipinski definition) is 9. The van der Waals surface area contributed by atoms with Gasteiger partial charge in [-0.1, -0.05) is 0 Å². The SMILES string of the molecule is COC1NCNC(C2CC2)C1C1NCC2C(N1)C(SC1CCC(C3NC(C(F)(F)F)CN3C)CC1)CN2C. The van der Waals surface area contributed by atoms with Gasteiger partial charge in [-0.25, -0.2) is 0 Å². The molecule has 4 saturated heterocycles. The third kappa shape index (κ3) is 5.63. The minimum atomic E-state index is -4.17. The highest BCUT2D eigenvalue weighted by Gasteiger charge is 2.52. The molecule has 218 valence electrons. The quantitative estimate of drug-likeness (QED) is 0.329. The molecule has 8 nitrogen and oxygen atoms in total. The number of rotatable bonds is 6. The first-order valence-electron chi connectivity index (χ1n) is 14.6. The van der Waals surface area contributed by atoms with Gasteiger partial charge < -0.3 is 10.1 Å². The van der Waals surface area contributed by atoms with Crippen LogP contribution in [-0.4, -0.2) is 117 Å². The first kappa shape index (κ1) is 28.0. The Kier molecular flexibility index (Phi) is 8.27. The molecule has 0 aromatic carbocycles. The highest BCUT2D eigenvalue weighted by Crippen LogP contribution is 2.42. The lowest BCUT2D eigenvalue weighted by Gasteiger charge is -2.48. The van der Waals surface area contributed by atoms with Crippen LogP contribution in [0.5, 0.6) is 0 Å². The molecule has 38 heavy (non-hydrogen) atoms. The molecule has 2 aliphatic carbocycles. The Balaban J connectivity index is 1.05. The van der Waals surface area contributed by atoms with Gasteiger partial charge in [0, 0.05) is 68.0 Å². The van der Waals surface area contributed by atoms with Crippen molar-refractivity contribution in [2.75, 3.05) is 47.5 Å². The highest BCUT2D eigenvalue weighted by molar-refractivity contribution is 8.00. The topological polar surface area (TPSA) is 75.9 Å². The molecule has 5 N–H and O–H groups in total. The predicted molar refractivity (Wildman–Crippen MR) is 144 cm³/mol. The molecular weight excluding hydrogens is 515 g/mol. The Morgan fingerprint density at radius 1 is 0.842 bits per heavy atom. The van der Waals surface area contributed by atoms with Crippen molar-refractivity contribution in [2.45, 2.75) is 97.9 Å². The van der Waals surface area contributed by atoms with Crippen LogP contribution < -0.4 is 26.6 Å². The number of fused-ring (bicyclic) bond motifs is 1. The van der Waals surface area contributed by atoms with Crippen molar-refractivity contribution >= 4 is 11.8 Å². The predicted octanol–water partition coefficient (Wildman–Crippen LogP) is 1.16. The average Bonchev–Trinajstić information content (AvgIpc) is 3.61. The monoisotopic (exact) mass is 561 g/mol. The van der Waals surface area contributed by atoms with Crippen molar-refractivity contribution < 1.29 is 17.9 Å². The number of nitrogens with one attached hydrogen (secondary N) is 5. The lowest BCUT2D eigenvalue weighted by molar-refractivity contribution is -0.150. The van der Waals surface area contributed by atoms with Gasteiger partial charge >= 0.3 is 6.18 Å². The van der Waals surface area contributed by atoms with Crippen molar-refractivity contribution in [1.82, 2.24) is 36.4 Å². The molecule has 0 spiro atoms. The third-order valence-electron chi connectivity index (χ3n) is 10.2. The van der Waals surface area contributed by atoms with Crippen LogP contribution >= 0.6 is 11.8 Å². The van der Waals surface area contributed by atoms with E-state index in [4.69, 9.17) is 4.74 Å². The van der Waals surface area contributed by atoms with Crippen molar-refractivity contribution in [1.29, 1.82) is 0 Å². The fourth-order valence-corrected chi connectivity index (χ4v) is 9.80. The van der Waals surface area contributed by atoms with Crippen molar-refractivity contribution in [3.63, 3.8) is 0 Å². The van der Waals surface area contributed by atoms with E-state index in [1.165, 1.54) is 12.8 Å². The van der Waals surface area contributed by atoms with Gasteiger partial charge in [0.05, 0.1) is 12.3 Å². The first-order chi connectivity index (χ1) is 18.2. The fraction of sp³-hybridized carbons (Fsp3) is 1.00. The minimum Gasteiger partial charge on any atom is -0.366 e. The van der Waals surface area contributed by atoms with Gasteiger partial charge in [-0.3, -0.25) is 31.1 Å². The molecule has 4 heterocycles. The van der Waals surface area contributed by atoms with E-state index in [0.717, 1.165) is 51.4 Å². The molecule has 0 aromatic heterocycles. The maximum absolute atomic E-state index is 13.3. The zero-order chi connectivity index (χ0) is 26.6. The van der Waals surface area contributed by atoms with Gasteiger partial charge in [-0.2, -0.15) is 24.9 Å². The molecule has 9 unspecified atom stereocenters. The number of ether oxygens (including phenoxy) is 1. The number of likely N-dealkylation sites (tertiary alicyclic amines) is 1. The van der Waals surface area contributed by atoms with Crippen LogP contribution in [0.3, 0.4) is 0 Å². The second kappa shape index (κ2) is 11.2. The number of alkyl halides is 3. The van der Waals surface area contributed by atoms with E-state index in [2.05, 4.69) is 50.3 Å². The standard InChI is InChI=1S/C26H46F3N7OS/c1-35-11-18(38-16-8-6-15(7-9-16)24-33-19(12-36(24)2)26(27,28)29)22-17(35)10-30-23(34-22)20-21(14-4-5-14)31-13-32-25(20)37-3/h14-25,30-34H,4-13H2,1-3H3. The van der Waals surface area contributed by atoms with E-state index >= 15 is 0 Å². The highest BCUT2D eigenvalue weighted by atomic mass is 32.2. The summed E-state index contributed by atoms with van der Waals surface area (Å²) in [5.41, 5.74) is 0. The molecule has 0 radical (unpaired) electrons. The van der Waals surface area contributed by atoms with Gasteiger partial charge in [0.25, 0.3) is 0 Å². The van der Waals surface area contributed by atoms with E-state index in [-0.39, 0.29) is 25.1 Å². The lowest BCUT2D eigenvalue weighted by Crippen LogP contribution is -2.72. The van der Waals surface area contributed by atoms with Crippen LogP contribution in [0, 0.1) is 17.8 Å². The number of halogens is 3. The molecule has 0 bridgehead atoms. The van der Waals surface area contributed by atoms with Gasteiger partial charge in [0.1, 0.15) is 12.3 Å². The van der Waals surface area contributed by atoms with Gasteiger partial charge in [-0.05, 0) is 64.5 Å². The van der Waals surface area contributed by atoms with E-state index in [1.54, 1.807) is 0 Å². The average molecular weight is 562 g/mol. The molecule has 12 heteroatoms. The van der Waals surface area contributed by atoms with E-state index in [1.807, 2.05) is 19.1 Å². The second-order valence-corrected chi connectivity index (χ2v) is 14.2. The summed E-state index contributed by atoms with van der Waals surface area (Å²) >= 11 is 2.13. The molecule has 0 amide bonds. The number of nitrogens with zero attached hydrogens (tertiary/aromatic N) is 2. The Morgan fingerprint density at radius 2 is 1.58 bits per heavy atom. The van der Waals surface area contributed by atoms with Crippen LogP contribution in [0.1, 0.15) is 38.5 Å². The van der Waals surface area contributed by atoms with Crippen molar-refractivity contribution in [3.05, 3.63) is 0 Å². The molecule has 6 aliphatic rings. The summed E-state index contributed by atoms with van der Waals surface area (Å²) in [4.78, 5) is 4.38. The summed E-state index contributed by atoms with van der Waals surface area (Å²) in [6.07, 6.45) is 2.66. The number of likely N-dealkylation sites (N-methyl/N-ethyl adjacent to an activating group) is 2. The van der Waals surface area contributed by atoms with Gasteiger partial charge in [-0.15, -0.1) is 0 Å². The molecule has 2 saturated carbocycles. The number of hydrogen-bond donors (Lipinski definition) is 5. The summed E-state index contributed by atoms with van der Waals surface area (Å²) in [5, 5.41) is 19.1. The largest absolute Gasteiger partial charge is 0.405 e.